The lowest BCUT2D eigenvalue weighted by Crippen LogP contribution is -2.54. The van der Waals surface area contributed by atoms with Gasteiger partial charge in [0.05, 0.1) is 16.8 Å². The summed E-state index contributed by atoms with van der Waals surface area (Å²) in [6.07, 6.45) is 2.08. The Morgan fingerprint density at radius 1 is 1.00 bits per heavy atom. The predicted molar refractivity (Wildman–Crippen MR) is 176 cm³/mol. The number of hydrogen-bond donors (Lipinski definition) is 1. The lowest BCUT2D eigenvalue weighted by Gasteiger charge is -2.39. The quantitative estimate of drug-likeness (QED) is 0.382. The Kier molecular flexibility index (Phi) is 9.51. The molecule has 1 spiro atoms. The summed E-state index contributed by atoms with van der Waals surface area (Å²) >= 11 is 12.7. The maximum atomic E-state index is 16.3. The van der Waals surface area contributed by atoms with Gasteiger partial charge in [-0.3, -0.25) is 24.0 Å². The summed E-state index contributed by atoms with van der Waals surface area (Å²) in [7, 11) is 0. The molecule has 1 saturated heterocycles. The summed E-state index contributed by atoms with van der Waals surface area (Å²) in [4.78, 5) is 70.6. The minimum absolute atomic E-state index is 0.0153. The standard InChI is InChI=1S/C35H40Cl2FN3O6/c1-18(42)40-27-16-21(36)10-15-25(27)35(33(40)46)28(17-34(4,5)6)41(19(2)43)31(29(35)24-8-7-9-26(37)30(24)38)32(45)39-22-11-13-23(14-12-22)47-20(3)44/h7-10,15-16,22-23,28-29,31H,11-14,17H2,1-6H3,(H,39,45)/t22?,23?,28-,29-,31+,35?/m0/s1. The van der Waals surface area contributed by atoms with Crippen LogP contribution in [0.3, 0.4) is 0 Å². The highest BCUT2D eigenvalue weighted by Crippen LogP contribution is 2.62. The first-order valence-electron chi connectivity index (χ1n) is 15.8. The molecule has 4 amide bonds. The number of carbonyl (C=O) groups excluding carboxylic acids is 5. The number of esters is 1. The fraction of sp³-hybridized carbons (Fsp3) is 0.514. The van der Waals surface area contributed by atoms with E-state index < -0.39 is 58.3 Å². The van der Waals surface area contributed by atoms with Crippen molar-refractivity contribution in [3.8, 4) is 0 Å². The van der Waals surface area contributed by atoms with Crippen LogP contribution in [0.25, 0.3) is 0 Å². The van der Waals surface area contributed by atoms with Gasteiger partial charge < -0.3 is 15.0 Å². The van der Waals surface area contributed by atoms with Crippen LogP contribution >= 0.6 is 23.2 Å². The van der Waals surface area contributed by atoms with Gasteiger partial charge in [0.15, 0.2) is 0 Å². The van der Waals surface area contributed by atoms with Crippen molar-refractivity contribution in [3.63, 3.8) is 0 Å². The number of benzene rings is 2. The molecular formula is C35H40Cl2FN3O6. The van der Waals surface area contributed by atoms with Crippen molar-refractivity contribution in [3.05, 3.63) is 63.4 Å². The number of fused-ring (bicyclic) bond motifs is 2. The van der Waals surface area contributed by atoms with Gasteiger partial charge in [0.1, 0.15) is 23.4 Å². The number of ether oxygens (including phenoxy) is 1. The Hall–Kier alpha value is -3.50. The van der Waals surface area contributed by atoms with E-state index in [4.69, 9.17) is 27.9 Å². The zero-order valence-corrected chi connectivity index (χ0v) is 28.9. The van der Waals surface area contributed by atoms with Gasteiger partial charge >= 0.3 is 5.97 Å². The van der Waals surface area contributed by atoms with Crippen LogP contribution in [0.15, 0.2) is 36.4 Å². The molecule has 1 N–H and O–H groups in total. The SMILES string of the molecule is CC(=O)OC1CCC(NC(=O)[C@H]2[C@H](c3cccc(Cl)c3F)C3(C(=O)N(C(C)=O)c4cc(Cl)ccc43)[C@H](CC(C)(C)C)N2C(C)=O)CC1. The van der Waals surface area contributed by atoms with Gasteiger partial charge in [-0.25, -0.2) is 9.29 Å². The zero-order chi connectivity index (χ0) is 34.6. The first-order valence-corrected chi connectivity index (χ1v) is 16.6. The molecule has 1 saturated carbocycles. The molecule has 47 heavy (non-hydrogen) atoms. The van der Waals surface area contributed by atoms with Gasteiger partial charge in [0, 0.05) is 37.8 Å². The maximum Gasteiger partial charge on any atom is 0.302 e. The average molecular weight is 689 g/mol. The molecule has 2 aliphatic heterocycles. The van der Waals surface area contributed by atoms with Gasteiger partial charge in [-0.1, -0.05) is 62.2 Å². The van der Waals surface area contributed by atoms with E-state index in [-0.39, 0.29) is 45.8 Å². The van der Waals surface area contributed by atoms with E-state index in [1.807, 2.05) is 20.8 Å². The molecule has 12 heteroatoms. The van der Waals surface area contributed by atoms with Crippen LogP contribution in [0.5, 0.6) is 0 Å². The number of halogens is 3. The summed E-state index contributed by atoms with van der Waals surface area (Å²) in [5.74, 6) is -4.74. The minimum atomic E-state index is -1.76. The summed E-state index contributed by atoms with van der Waals surface area (Å²) in [6, 6.07) is 6.51. The minimum Gasteiger partial charge on any atom is -0.463 e. The molecule has 2 aromatic rings. The largest absolute Gasteiger partial charge is 0.463 e. The van der Waals surface area contributed by atoms with Gasteiger partial charge in [-0.15, -0.1) is 0 Å². The summed E-state index contributed by atoms with van der Waals surface area (Å²) in [6.45, 7) is 9.79. The maximum absolute atomic E-state index is 16.3. The molecule has 2 aromatic carbocycles. The van der Waals surface area contributed by atoms with Crippen molar-refractivity contribution < 1.29 is 33.1 Å². The molecule has 1 aliphatic carbocycles. The van der Waals surface area contributed by atoms with Crippen LogP contribution in [0.1, 0.15) is 90.7 Å². The number of likely N-dealkylation sites (tertiary alicyclic amines) is 1. The molecule has 0 aromatic heterocycles. The van der Waals surface area contributed by atoms with Crippen LogP contribution < -0.4 is 10.2 Å². The van der Waals surface area contributed by atoms with Crippen molar-refractivity contribution >= 4 is 58.5 Å². The second kappa shape index (κ2) is 12.8. The van der Waals surface area contributed by atoms with Crippen LogP contribution in [0, 0.1) is 11.2 Å². The molecule has 4 atom stereocenters. The average Bonchev–Trinajstić information content (AvgIpc) is 3.39. The number of anilines is 1. The molecular weight excluding hydrogens is 648 g/mol. The number of nitrogens with one attached hydrogen (secondary N) is 1. The van der Waals surface area contributed by atoms with Crippen molar-refractivity contribution in [2.24, 2.45) is 5.41 Å². The van der Waals surface area contributed by atoms with E-state index in [1.165, 1.54) is 43.9 Å². The van der Waals surface area contributed by atoms with Crippen molar-refractivity contribution in [2.45, 2.75) is 109 Å². The number of carbonyl (C=O) groups is 5. The number of imide groups is 1. The van der Waals surface area contributed by atoms with Crippen molar-refractivity contribution in [2.75, 3.05) is 4.90 Å². The van der Waals surface area contributed by atoms with Gasteiger partial charge in [-0.2, -0.15) is 0 Å². The molecule has 9 nitrogen and oxygen atoms in total. The van der Waals surface area contributed by atoms with Crippen LogP contribution in [0.2, 0.25) is 10.0 Å². The Labute approximate surface area is 284 Å². The van der Waals surface area contributed by atoms with Gasteiger partial charge in [-0.05, 0) is 66.8 Å². The van der Waals surface area contributed by atoms with E-state index in [0.29, 0.717) is 31.2 Å². The molecule has 2 heterocycles. The van der Waals surface area contributed by atoms with E-state index in [9.17, 15) is 19.2 Å². The van der Waals surface area contributed by atoms with Crippen LogP contribution in [-0.4, -0.2) is 58.7 Å². The Balaban J connectivity index is 1.75. The number of rotatable bonds is 5. The van der Waals surface area contributed by atoms with Crippen LogP contribution in [0.4, 0.5) is 10.1 Å². The molecule has 252 valence electrons. The third-order valence-electron chi connectivity index (χ3n) is 9.59. The van der Waals surface area contributed by atoms with E-state index >= 15 is 9.18 Å². The molecule has 3 aliphatic rings. The summed E-state index contributed by atoms with van der Waals surface area (Å²) in [5, 5.41) is 3.15. The second-order valence-electron chi connectivity index (χ2n) is 14.1. The molecule has 2 fully saturated rings. The number of amides is 4. The molecule has 0 radical (unpaired) electrons. The summed E-state index contributed by atoms with van der Waals surface area (Å²) < 4.78 is 21.7. The van der Waals surface area contributed by atoms with E-state index in [2.05, 4.69) is 5.32 Å². The van der Waals surface area contributed by atoms with Crippen molar-refractivity contribution in [1.29, 1.82) is 0 Å². The monoisotopic (exact) mass is 687 g/mol. The second-order valence-corrected chi connectivity index (χ2v) is 14.9. The third-order valence-corrected chi connectivity index (χ3v) is 10.1. The fourth-order valence-electron chi connectivity index (χ4n) is 7.97. The topological polar surface area (TPSA) is 113 Å². The molecule has 0 bridgehead atoms. The number of hydrogen-bond acceptors (Lipinski definition) is 6. The Morgan fingerprint density at radius 2 is 1.66 bits per heavy atom. The first kappa shape index (κ1) is 34.8. The normalized spacial score (nSPS) is 27.2. The van der Waals surface area contributed by atoms with E-state index in [1.54, 1.807) is 18.2 Å². The molecule has 5 rings (SSSR count). The zero-order valence-electron chi connectivity index (χ0n) is 27.4. The smallest absolute Gasteiger partial charge is 0.302 e. The highest BCUT2D eigenvalue weighted by molar-refractivity contribution is 6.32. The first-order chi connectivity index (χ1) is 22.0. The predicted octanol–water partition coefficient (Wildman–Crippen LogP) is 6.07. The fourth-order valence-corrected chi connectivity index (χ4v) is 8.32. The lowest BCUT2D eigenvalue weighted by atomic mass is 9.62. The van der Waals surface area contributed by atoms with Crippen molar-refractivity contribution in [1.82, 2.24) is 10.2 Å². The highest BCUT2D eigenvalue weighted by Gasteiger charge is 2.71. The van der Waals surface area contributed by atoms with Gasteiger partial charge in [0.25, 0.3) is 0 Å². The summed E-state index contributed by atoms with van der Waals surface area (Å²) in [5.41, 5.74) is -1.65. The Bertz CT molecular complexity index is 1640. The third kappa shape index (κ3) is 6.15. The number of nitrogens with zero attached hydrogens (tertiary/aromatic N) is 2. The van der Waals surface area contributed by atoms with E-state index in [0.717, 1.165) is 4.90 Å². The lowest BCUT2D eigenvalue weighted by molar-refractivity contribution is -0.148. The van der Waals surface area contributed by atoms with Crippen LogP contribution in [-0.2, 0) is 34.1 Å². The Morgan fingerprint density at radius 3 is 2.23 bits per heavy atom. The molecule has 1 unspecified atom stereocenters. The van der Waals surface area contributed by atoms with Gasteiger partial charge in [0.2, 0.25) is 23.6 Å². The highest BCUT2D eigenvalue weighted by atomic mass is 35.5.